The molecule has 4 nitrogen and oxygen atoms in total. The fourth-order valence-electron chi connectivity index (χ4n) is 3.11. The van der Waals surface area contributed by atoms with Crippen LogP contribution in [0.4, 0.5) is 5.82 Å². The van der Waals surface area contributed by atoms with Gasteiger partial charge in [0.05, 0.1) is 30.0 Å². The summed E-state index contributed by atoms with van der Waals surface area (Å²) in [5, 5.41) is 2.17. The monoisotopic (exact) mass is 304 g/mol. The molecule has 0 radical (unpaired) electrons. The molecule has 3 aromatic rings. The summed E-state index contributed by atoms with van der Waals surface area (Å²) in [7, 11) is 2.07. The molecule has 4 rings (SSSR count). The Morgan fingerprint density at radius 1 is 1.22 bits per heavy atom. The number of aromatic nitrogens is 2. The van der Waals surface area contributed by atoms with Gasteiger partial charge in [-0.05, 0) is 50.4 Å². The van der Waals surface area contributed by atoms with E-state index in [0.717, 1.165) is 27.5 Å². The molecular weight excluding hydrogens is 285 g/mol. The second-order valence-electron chi connectivity index (χ2n) is 6.30. The normalized spacial score (nSPS) is 13.7. The van der Waals surface area contributed by atoms with Gasteiger partial charge in [0.15, 0.2) is 0 Å². The number of pyridine rings is 2. The first kappa shape index (κ1) is 14.1. The van der Waals surface area contributed by atoms with Crippen molar-refractivity contribution >= 4 is 35.9 Å². The molecule has 0 N–H and O–H groups in total. The SMILES string of the molecule is CB1C=c2oc3nc(C)ccc3c2=CN1c1cc(C)cc[n+]1C. The van der Waals surface area contributed by atoms with Crippen LogP contribution in [0.15, 0.2) is 34.9 Å². The van der Waals surface area contributed by atoms with Gasteiger partial charge in [0, 0.05) is 11.8 Å². The summed E-state index contributed by atoms with van der Waals surface area (Å²) in [5.74, 6) is 3.32. The minimum atomic E-state index is 0.220. The Morgan fingerprint density at radius 2 is 2.04 bits per heavy atom. The number of hydrogen-bond donors (Lipinski definition) is 0. The van der Waals surface area contributed by atoms with Crippen LogP contribution in [0.1, 0.15) is 11.3 Å². The highest BCUT2D eigenvalue weighted by molar-refractivity contribution is 6.76. The summed E-state index contributed by atoms with van der Waals surface area (Å²) in [4.78, 5) is 6.79. The third-order valence-electron chi connectivity index (χ3n) is 4.41. The van der Waals surface area contributed by atoms with Crippen LogP contribution in [-0.4, -0.2) is 11.8 Å². The van der Waals surface area contributed by atoms with Gasteiger partial charge in [0.2, 0.25) is 5.71 Å². The zero-order valence-corrected chi connectivity index (χ0v) is 13.9. The third-order valence-corrected chi connectivity index (χ3v) is 4.41. The van der Waals surface area contributed by atoms with E-state index < -0.39 is 0 Å². The summed E-state index contributed by atoms with van der Waals surface area (Å²) in [5.41, 5.74) is 3.85. The molecule has 0 amide bonds. The highest BCUT2D eigenvalue weighted by Crippen LogP contribution is 2.16. The number of furan rings is 1. The van der Waals surface area contributed by atoms with Crippen LogP contribution >= 0.6 is 0 Å². The molecule has 0 unspecified atom stereocenters. The van der Waals surface area contributed by atoms with Crippen molar-refractivity contribution in [1.82, 2.24) is 4.98 Å². The fraction of sp³-hybridized carbons (Fsp3) is 0.222. The van der Waals surface area contributed by atoms with Gasteiger partial charge in [0.25, 0.3) is 5.82 Å². The van der Waals surface area contributed by atoms with Gasteiger partial charge in [-0.25, -0.2) is 9.55 Å². The molecule has 0 fully saturated rings. The highest BCUT2D eigenvalue weighted by atomic mass is 16.3. The fourth-order valence-corrected chi connectivity index (χ4v) is 3.11. The molecule has 0 atom stereocenters. The molecule has 0 bridgehead atoms. The van der Waals surface area contributed by atoms with Crippen LogP contribution in [0.25, 0.3) is 23.3 Å². The van der Waals surface area contributed by atoms with E-state index in [0.29, 0.717) is 5.71 Å². The molecule has 0 saturated carbocycles. The molecule has 23 heavy (non-hydrogen) atoms. The van der Waals surface area contributed by atoms with Crippen molar-refractivity contribution in [2.45, 2.75) is 20.7 Å². The van der Waals surface area contributed by atoms with E-state index in [2.05, 4.69) is 71.7 Å². The van der Waals surface area contributed by atoms with Crippen LogP contribution in [0.3, 0.4) is 0 Å². The Bertz CT molecular complexity index is 1040. The highest BCUT2D eigenvalue weighted by Gasteiger charge is 2.29. The molecule has 1 aliphatic heterocycles. The Morgan fingerprint density at radius 3 is 2.87 bits per heavy atom. The predicted octanol–water partition coefficient (Wildman–Crippen LogP) is 1.47. The maximum atomic E-state index is 5.95. The first-order chi connectivity index (χ1) is 11.0. The van der Waals surface area contributed by atoms with Crippen LogP contribution in [-0.2, 0) is 7.05 Å². The van der Waals surface area contributed by atoms with Crippen molar-refractivity contribution in [1.29, 1.82) is 0 Å². The van der Waals surface area contributed by atoms with Gasteiger partial charge < -0.3 is 4.42 Å². The average Bonchev–Trinajstić information content (AvgIpc) is 2.85. The lowest BCUT2D eigenvalue weighted by Crippen LogP contribution is -2.47. The second-order valence-corrected chi connectivity index (χ2v) is 6.30. The van der Waals surface area contributed by atoms with Crippen molar-refractivity contribution in [3.05, 3.63) is 52.4 Å². The Balaban J connectivity index is 1.98. The second kappa shape index (κ2) is 4.98. The number of fused-ring (bicyclic) bond motifs is 3. The van der Waals surface area contributed by atoms with Gasteiger partial charge in [-0.1, -0.05) is 0 Å². The summed E-state index contributed by atoms with van der Waals surface area (Å²) >= 11 is 0. The lowest BCUT2D eigenvalue weighted by atomic mass is 9.62. The summed E-state index contributed by atoms with van der Waals surface area (Å²) in [6.07, 6.45) is 4.27. The smallest absolute Gasteiger partial charge is 0.405 e. The molecule has 0 aromatic carbocycles. The zero-order valence-electron chi connectivity index (χ0n) is 13.9. The molecule has 5 heteroatoms. The number of anilines is 1. The number of hydrogen-bond acceptors (Lipinski definition) is 3. The van der Waals surface area contributed by atoms with Gasteiger partial charge in [-0.3, -0.25) is 4.81 Å². The predicted molar refractivity (Wildman–Crippen MR) is 93.4 cm³/mol. The van der Waals surface area contributed by atoms with Crippen molar-refractivity contribution < 1.29 is 8.98 Å². The standard InChI is InChI=1S/C18H19BN3O/c1-12-7-8-21(4)17(9-12)22-11-15-14-6-5-13(2)20-18(14)23-16(15)10-19(22)3/h5-11H,1-4H3/q+1. The summed E-state index contributed by atoms with van der Waals surface area (Å²) in [6, 6.07) is 8.44. The Labute approximate surface area is 135 Å². The van der Waals surface area contributed by atoms with Gasteiger partial charge in [-0.2, -0.15) is 0 Å². The first-order valence-electron chi connectivity index (χ1n) is 7.87. The molecule has 1 aliphatic rings. The van der Waals surface area contributed by atoms with Crippen LogP contribution in [0, 0.1) is 13.8 Å². The van der Waals surface area contributed by atoms with E-state index in [4.69, 9.17) is 4.42 Å². The van der Waals surface area contributed by atoms with E-state index in [1.165, 1.54) is 5.56 Å². The van der Waals surface area contributed by atoms with E-state index in [1.807, 2.05) is 13.0 Å². The van der Waals surface area contributed by atoms with Gasteiger partial charge in [-0.15, -0.1) is 0 Å². The molecule has 0 saturated heterocycles. The lowest BCUT2D eigenvalue weighted by molar-refractivity contribution is -0.658. The number of rotatable bonds is 1. The lowest BCUT2D eigenvalue weighted by Gasteiger charge is -2.19. The largest absolute Gasteiger partial charge is 0.439 e. The van der Waals surface area contributed by atoms with Crippen molar-refractivity contribution in [2.24, 2.45) is 7.05 Å². The van der Waals surface area contributed by atoms with Gasteiger partial charge >= 0.3 is 6.85 Å². The van der Waals surface area contributed by atoms with Crippen LogP contribution in [0.5, 0.6) is 0 Å². The van der Waals surface area contributed by atoms with Crippen molar-refractivity contribution in [3.8, 4) is 0 Å². The minimum Gasteiger partial charge on any atom is -0.439 e. The van der Waals surface area contributed by atoms with Crippen molar-refractivity contribution in [3.63, 3.8) is 0 Å². The maximum Gasteiger partial charge on any atom is 0.405 e. The Hall–Kier alpha value is -2.56. The Kier molecular flexibility index (Phi) is 3.05. The molecule has 3 aromatic heterocycles. The maximum absolute atomic E-state index is 5.95. The molecule has 4 heterocycles. The topological polar surface area (TPSA) is 33.2 Å². The van der Waals surface area contributed by atoms with Crippen LogP contribution < -0.4 is 20.0 Å². The summed E-state index contributed by atoms with van der Waals surface area (Å²) < 4.78 is 8.09. The minimum absolute atomic E-state index is 0.220. The first-order valence-corrected chi connectivity index (χ1v) is 7.87. The van der Waals surface area contributed by atoms with Gasteiger partial charge in [0.1, 0.15) is 5.42 Å². The average molecular weight is 304 g/mol. The third kappa shape index (κ3) is 2.24. The quantitative estimate of drug-likeness (QED) is 0.504. The molecule has 0 spiro atoms. The van der Waals surface area contributed by atoms with E-state index in [1.54, 1.807) is 0 Å². The number of nitrogens with zero attached hydrogens (tertiary/aromatic N) is 3. The molecular formula is C18H19BN3O+. The van der Waals surface area contributed by atoms with Crippen LogP contribution in [0.2, 0.25) is 6.82 Å². The van der Waals surface area contributed by atoms with E-state index >= 15 is 0 Å². The van der Waals surface area contributed by atoms with E-state index in [-0.39, 0.29) is 6.85 Å². The number of aryl methyl sites for hydroxylation is 3. The van der Waals surface area contributed by atoms with E-state index in [9.17, 15) is 0 Å². The summed E-state index contributed by atoms with van der Waals surface area (Å²) in [6.45, 7) is 6.49. The zero-order chi connectivity index (χ0) is 16.1. The molecule has 114 valence electrons. The molecule has 0 aliphatic carbocycles. The van der Waals surface area contributed by atoms with Crippen molar-refractivity contribution in [2.75, 3.05) is 4.81 Å².